The largest absolute Gasteiger partial charge is 0.275 e. The highest BCUT2D eigenvalue weighted by Crippen LogP contribution is 2.33. The number of hydrazone groups is 1. The summed E-state index contributed by atoms with van der Waals surface area (Å²) in [5.74, 6) is 0. The van der Waals surface area contributed by atoms with Crippen LogP contribution in [-0.4, -0.2) is 11.2 Å². The van der Waals surface area contributed by atoms with E-state index in [0.717, 1.165) is 16.5 Å². The second-order valence-corrected chi connectivity index (χ2v) is 5.79. The van der Waals surface area contributed by atoms with Gasteiger partial charge in [0.05, 0.1) is 27.5 Å². The molecule has 0 saturated heterocycles. The van der Waals surface area contributed by atoms with Crippen molar-refractivity contribution in [2.75, 3.05) is 5.43 Å². The molecule has 0 unspecified atom stereocenters. The predicted molar refractivity (Wildman–Crippen MR) is 94.4 cm³/mol. The third kappa shape index (κ3) is 3.17. The van der Waals surface area contributed by atoms with Crippen molar-refractivity contribution in [1.82, 2.24) is 4.98 Å². The molecule has 110 valence electrons. The van der Waals surface area contributed by atoms with Gasteiger partial charge in [-0.1, -0.05) is 59.1 Å². The number of fused-ring (bicyclic) bond motifs is 1. The van der Waals surface area contributed by atoms with Crippen molar-refractivity contribution in [3.63, 3.8) is 0 Å². The summed E-state index contributed by atoms with van der Waals surface area (Å²) in [5, 5.41) is 6.53. The number of anilines is 1. The Morgan fingerprint density at radius 1 is 1.00 bits per heavy atom. The van der Waals surface area contributed by atoms with Gasteiger partial charge in [-0.15, -0.1) is 0 Å². The fraction of sp³-hybridized carbons (Fsp3) is 0. The third-order valence-electron chi connectivity index (χ3n) is 3.05. The van der Waals surface area contributed by atoms with Crippen LogP contribution in [0, 0.1) is 0 Å². The summed E-state index contributed by atoms with van der Waals surface area (Å²) in [5.41, 5.74) is 5.13. The molecule has 1 aromatic heterocycles. The second-order valence-electron chi connectivity index (χ2n) is 4.54. The number of para-hydroxylation sites is 1. The Balaban J connectivity index is 1.89. The zero-order valence-corrected chi connectivity index (χ0v) is 13.5. The van der Waals surface area contributed by atoms with Gasteiger partial charge >= 0.3 is 0 Å². The second kappa shape index (κ2) is 6.53. The Bertz CT molecular complexity index is 834. The quantitative estimate of drug-likeness (QED) is 0.490. The lowest BCUT2D eigenvalue weighted by atomic mass is 10.1. The van der Waals surface area contributed by atoms with Crippen LogP contribution in [0.2, 0.25) is 15.1 Å². The minimum atomic E-state index is 0.408. The fourth-order valence-electron chi connectivity index (χ4n) is 2.05. The summed E-state index contributed by atoms with van der Waals surface area (Å²) in [7, 11) is 0. The van der Waals surface area contributed by atoms with Crippen LogP contribution in [0.25, 0.3) is 10.9 Å². The Kier molecular flexibility index (Phi) is 4.48. The lowest BCUT2D eigenvalue weighted by Crippen LogP contribution is -1.94. The molecule has 0 atom stereocenters. The van der Waals surface area contributed by atoms with Crippen molar-refractivity contribution in [3.8, 4) is 0 Å². The molecule has 0 saturated carbocycles. The van der Waals surface area contributed by atoms with Crippen molar-refractivity contribution in [2.24, 2.45) is 5.10 Å². The SMILES string of the molecule is Clc1cc(Cl)c(NN=Cc2cccc3cccnc23)c(Cl)c1. The summed E-state index contributed by atoms with van der Waals surface area (Å²) in [6.07, 6.45) is 3.43. The third-order valence-corrected chi connectivity index (χ3v) is 3.87. The molecule has 1 heterocycles. The van der Waals surface area contributed by atoms with Gasteiger partial charge in [-0.3, -0.25) is 10.4 Å². The maximum atomic E-state index is 6.09. The highest BCUT2D eigenvalue weighted by Gasteiger charge is 2.06. The Labute approximate surface area is 142 Å². The van der Waals surface area contributed by atoms with Crippen molar-refractivity contribution in [3.05, 3.63) is 69.3 Å². The van der Waals surface area contributed by atoms with E-state index in [2.05, 4.69) is 15.5 Å². The Morgan fingerprint density at radius 3 is 2.50 bits per heavy atom. The smallest absolute Gasteiger partial charge is 0.0935 e. The number of benzene rings is 2. The average molecular weight is 351 g/mol. The van der Waals surface area contributed by atoms with E-state index in [9.17, 15) is 0 Å². The van der Waals surface area contributed by atoms with Gasteiger partial charge in [0.25, 0.3) is 0 Å². The van der Waals surface area contributed by atoms with Crippen LogP contribution in [0.15, 0.2) is 53.8 Å². The average Bonchev–Trinajstić information content (AvgIpc) is 2.50. The zero-order chi connectivity index (χ0) is 15.5. The van der Waals surface area contributed by atoms with E-state index in [1.54, 1.807) is 24.5 Å². The van der Waals surface area contributed by atoms with Gasteiger partial charge in [0.1, 0.15) is 0 Å². The van der Waals surface area contributed by atoms with Crippen molar-refractivity contribution >= 4 is 57.6 Å². The number of aromatic nitrogens is 1. The number of pyridine rings is 1. The molecule has 6 heteroatoms. The number of halogens is 3. The highest BCUT2D eigenvalue weighted by molar-refractivity contribution is 6.41. The molecule has 0 bridgehead atoms. The fourth-order valence-corrected chi connectivity index (χ4v) is 2.95. The van der Waals surface area contributed by atoms with Crippen LogP contribution < -0.4 is 5.43 Å². The summed E-state index contributed by atoms with van der Waals surface area (Å²) < 4.78 is 0. The van der Waals surface area contributed by atoms with E-state index in [0.29, 0.717) is 20.8 Å². The molecule has 0 fully saturated rings. The molecule has 3 nitrogen and oxygen atoms in total. The summed E-state index contributed by atoms with van der Waals surface area (Å²) in [4.78, 5) is 4.36. The highest BCUT2D eigenvalue weighted by atomic mass is 35.5. The van der Waals surface area contributed by atoms with E-state index < -0.39 is 0 Å². The number of hydrogen-bond acceptors (Lipinski definition) is 3. The van der Waals surface area contributed by atoms with Gasteiger partial charge in [-0.05, 0) is 18.2 Å². The lowest BCUT2D eigenvalue weighted by Gasteiger charge is -2.06. The van der Waals surface area contributed by atoms with Gasteiger partial charge in [0, 0.05) is 22.2 Å². The number of rotatable bonds is 3. The molecular formula is C16H10Cl3N3. The number of nitrogens with one attached hydrogen (secondary N) is 1. The lowest BCUT2D eigenvalue weighted by molar-refractivity contribution is 1.34. The first-order valence-corrected chi connectivity index (χ1v) is 7.56. The predicted octanol–water partition coefficient (Wildman–Crippen LogP) is 5.64. The van der Waals surface area contributed by atoms with Crippen LogP contribution in [0.4, 0.5) is 5.69 Å². The standard InChI is InChI=1S/C16H10Cl3N3/c17-12-7-13(18)16(14(19)8-12)22-21-9-11-4-1-3-10-5-2-6-20-15(10)11/h1-9,22H. The molecule has 0 radical (unpaired) electrons. The first kappa shape index (κ1) is 15.1. The molecule has 0 amide bonds. The minimum Gasteiger partial charge on any atom is -0.275 e. The van der Waals surface area contributed by atoms with Crippen molar-refractivity contribution in [2.45, 2.75) is 0 Å². The molecule has 2 aromatic carbocycles. The maximum Gasteiger partial charge on any atom is 0.0935 e. The molecule has 22 heavy (non-hydrogen) atoms. The molecule has 0 aliphatic heterocycles. The van der Waals surface area contributed by atoms with E-state index in [1.807, 2.05) is 30.3 Å². The normalized spacial score (nSPS) is 11.2. The maximum absolute atomic E-state index is 6.09. The molecule has 3 rings (SSSR count). The summed E-state index contributed by atoms with van der Waals surface area (Å²) in [6, 6.07) is 13.0. The summed E-state index contributed by atoms with van der Waals surface area (Å²) in [6.45, 7) is 0. The molecule has 0 aliphatic rings. The van der Waals surface area contributed by atoms with Crippen LogP contribution in [0.1, 0.15) is 5.56 Å². The van der Waals surface area contributed by atoms with Crippen LogP contribution in [0.3, 0.4) is 0 Å². The Morgan fingerprint density at radius 2 is 1.73 bits per heavy atom. The molecule has 3 aromatic rings. The van der Waals surface area contributed by atoms with Gasteiger partial charge in [-0.2, -0.15) is 5.10 Å². The molecule has 1 N–H and O–H groups in total. The van der Waals surface area contributed by atoms with Crippen LogP contribution in [-0.2, 0) is 0 Å². The van der Waals surface area contributed by atoms with Gasteiger partial charge in [-0.25, -0.2) is 0 Å². The first-order valence-electron chi connectivity index (χ1n) is 6.42. The van der Waals surface area contributed by atoms with Crippen LogP contribution in [0.5, 0.6) is 0 Å². The Hall–Kier alpha value is -1.81. The van der Waals surface area contributed by atoms with E-state index in [4.69, 9.17) is 34.8 Å². The molecule has 0 aliphatic carbocycles. The van der Waals surface area contributed by atoms with Crippen LogP contribution >= 0.6 is 34.8 Å². The minimum absolute atomic E-state index is 0.408. The van der Waals surface area contributed by atoms with Gasteiger partial charge in [0.2, 0.25) is 0 Å². The van der Waals surface area contributed by atoms with Gasteiger partial charge < -0.3 is 0 Å². The first-order chi connectivity index (χ1) is 10.6. The van der Waals surface area contributed by atoms with Crippen molar-refractivity contribution in [1.29, 1.82) is 0 Å². The molecule has 0 spiro atoms. The zero-order valence-electron chi connectivity index (χ0n) is 11.2. The van der Waals surface area contributed by atoms with Gasteiger partial charge in [0.15, 0.2) is 0 Å². The van der Waals surface area contributed by atoms with E-state index in [-0.39, 0.29) is 0 Å². The van der Waals surface area contributed by atoms with E-state index in [1.165, 1.54) is 0 Å². The number of nitrogens with zero attached hydrogens (tertiary/aromatic N) is 2. The summed E-state index contributed by atoms with van der Waals surface area (Å²) >= 11 is 18.1. The monoisotopic (exact) mass is 349 g/mol. The topological polar surface area (TPSA) is 37.3 Å². The molecular weight excluding hydrogens is 341 g/mol. The van der Waals surface area contributed by atoms with E-state index >= 15 is 0 Å². The van der Waals surface area contributed by atoms with Crippen molar-refractivity contribution < 1.29 is 0 Å². The number of hydrogen-bond donors (Lipinski definition) is 1.